The van der Waals surface area contributed by atoms with Crippen LogP contribution in [0.5, 0.6) is 17.2 Å². The molecule has 0 radical (unpaired) electrons. The summed E-state index contributed by atoms with van der Waals surface area (Å²) < 4.78 is 48.6. The van der Waals surface area contributed by atoms with Crippen LogP contribution >= 0.6 is 0 Å². The molecule has 7 aliphatic heterocycles. The van der Waals surface area contributed by atoms with E-state index >= 15 is 0 Å². The summed E-state index contributed by atoms with van der Waals surface area (Å²) in [4.78, 5) is 49.7. The van der Waals surface area contributed by atoms with E-state index in [0.717, 1.165) is 12.8 Å². The van der Waals surface area contributed by atoms with Crippen LogP contribution in [0.25, 0.3) is 0 Å². The van der Waals surface area contributed by atoms with Gasteiger partial charge in [-0.3, -0.25) is 24.2 Å². The number of amides is 1. The van der Waals surface area contributed by atoms with Crippen LogP contribution in [0.4, 0.5) is 0 Å². The van der Waals surface area contributed by atoms with Crippen molar-refractivity contribution in [2.24, 2.45) is 5.73 Å². The number of ether oxygens (including phenoxy) is 8. The number of methoxy groups -OCH3 is 2. The van der Waals surface area contributed by atoms with Gasteiger partial charge in [0.1, 0.15) is 41.2 Å². The first-order chi connectivity index (χ1) is 29.4. The second-order valence-corrected chi connectivity index (χ2v) is 18.1. The highest BCUT2D eigenvalue weighted by Gasteiger charge is 2.58. The maximum atomic E-state index is 14.9. The second-order valence-electron chi connectivity index (χ2n) is 18.1. The van der Waals surface area contributed by atoms with Gasteiger partial charge in [0.25, 0.3) is 5.91 Å². The number of aliphatic hydroxyl groups is 1. The quantitative estimate of drug-likeness (QED) is 0.245. The Morgan fingerprint density at radius 2 is 1.67 bits per heavy atom. The molecule has 7 saturated heterocycles. The summed E-state index contributed by atoms with van der Waals surface area (Å²) in [5.74, 6) is -3.02. The molecule has 2 aliphatic carbocycles. The van der Waals surface area contributed by atoms with Gasteiger partial charge in [-0.15, -0.1) is 0 Å². The number of hydrogen-bond donors (Lipinski definition) is 4. The molecule has 0 saturated carbocycles. The third kappa shape index (κ3) is 5.91. The normalized spacial score (nSPS) is 40.3. The summed E-state index contributed by atoms with van der Waals surface area (Å²) in [6.07, 6.45) is -3.15. The molecule has 2 unspecified atom stereocenters. The smallest absolute Gasteiger partial charge is 0.255 e. The predicted molar refractivity (Wildman–Crippen MR) is 208 cm³/mol. The molecule has 7 heterocycles. The van der Waals surface area contributed by atoms with E-state index in [4.69, 9.17) is 43.6 Å². The summed E-state index contributed by atoms with van der Waals surface area (Å²) in [5, 5.41) is 37.1. The SMILES string of the molecule is COc1cccc2c1C(=O)c1c(O)c3c(c(O)c1C2=O)C[C@@](O)(C(=O)N1CC2CCC(C1)N2[C@H]1CO[C@H]2[C@@H]1OC[C@@H]2N)C[C@@H]3O[C@H]1C[C@H]2[C@H](O[C@@H]3[C@@H](OC)OCCN32)[C@H](C)O1. The van der Waals surface area contributed by atoms with Crippen molar-refractivity contribution >= 4 is 17.5 Å². The molecule has 14 atom stereocenters. The molecule has 18 nitrogen and oxygen atoms in total. The van der Waals surface area contributed by atoms with E-state index in [-0.39, 0.29) is 82.9 Å². The average Bonchev–Trinajstić information content (AvgIpc) is 4.01. The van der Waals surface area contributed by atoms with Gasteiger partial charge >= 0.3 is 0 Å². The number of nitrogens with two attached hydrogens (primary N) is 1. The van der Waals surface area contributed by atoms with Gasteiger partial charge in [-0.1, -0.05) is 12.1 Å². The van der Waals surface area contributed by atoms with Crippen molar-refractivity contribution < 1.29 is 67.6 Å². The van der Waals surface area contributed by atoms with Gasteiger partial charge in [0.05, 0.1) is 67.9 Å². The number of phenols is 2. The molecular weight excluding hydrogens is 796 g/mol. The third-order valence-corrected chi connectivity index (χ3v) is 14.9. The average molecular weight is 849 g/mol. The van der Waals surface area contributed by atoms with Crippen molar-refractivity contribution in [3.05, 3.63) is 51.6 Å². The third-order valence-electron chi connectivity index (χ3n) is 14.9. The zero-order valence-electron chi connectivity index (χ0n) is 34.3. The number of likely N-dealkylation sites (tertiary alicyclic amines) is 1. The Balaban J connectivity index is 0.938. The molecule has 328 valence electrons. The Morgan fingerprint density at radius 1 is 0.918 bits per heavy atom. The monoisotopic (exact) mass is 848 g/mol. The van der Waals surface area contributed by atoms with E-state index in [1.165, 1.54) is 13.2 Å². The van der Waals surface area contributed by atoms with Crippen molar-refractivity contribution in [2.45, 2.75) is 124 Å². The van der Waals surface area contributed by atoms with Gasteiger partial charge in [0.15, 0.2) is 24.6 Å². The van der Waals surface area contributed by atoms with E-state index in [1.807, 2.05) is 6.92 Å². The van der Waals surface area contributed by atoms with Crippen LogP contribution in [-0.2, 0) is 44.4 Å². The van der Waals surface area contributed by atoms with E-state index < -0.39 is 83.1 Å². The lowest BCUT2D eigenvalue weighted by molar-refractivity contribution is -0.256. The lowest BCUT2D eigenvalue weighted by atomic mass is 9.72. The Kier molecular flexibility index (Phi) is 9.60. The number of nitrogens with zero attached hydrogens (tertiary/aromatic N) is 3. The number of benzene rings is 2. The fourth-order valence-corrected chi connectivity index (χ4v) is 12.2. The van der Waals surface area contributed by atoms with Gasteiger partial charge in [-0.25, -0.2) is 0 Å². The molecule has 2 aromatic carbocycles. The first-order valence-corrected chi connectivity index (χ1v) is 21.4. The number of piperazine rings is 1. The lowest BCUT2D eigenvalue weighted by Gasteiger charge is -2.48. The number of morpholine rings is 1. The van der Waals surface area contributed by atoms with Crippen molar-refractivity contribution in [3.63, 3.8) is 0 Å². The minimum atomic E-state index is -2.15. The molecule has 11 rings (SSSR count). The predicted octanol–water partition coefficient (Wildman–Crippen LogP) is 0.319. The summed E-state index contributed by atoms with van der Waals surface area (Å²) in [5.41, 5.74) is 3.22. The largest absolute Gasteiger partial charge is 0.507 e. The number of rotatable bonds is 6. The van der Waals surface area contributed by atoms with Gasteiger partial charge < -0.3 is 63.8 Å². The molecule has 7 fully saturated rings. The van der Waals surface area contributed by atoms with Crippen molar-refractivity contribution in [1.82, 2.24) is 14.7 Å². The molecule has 18 heteroatoms. The number of carbonyl (C=O) groups excluding carboxylic acids is 3. The molecular formula is C43H52N4O14. The van der Waals surface area contributed by atoms with E-state index in [1.54, 1.807) is 24.1 Å². The van der Waals surface area contributed by atoms with Gasteiger partial charge in [-0.2, -0.15) is 0 Å². The van der Waals surface area contributed by atoms with Gasteiger partial charge in [0.2, 0.25) is 5.78 Å². The maximum absolute atomic E-state index is 14.9. The van der Waals surface area contributed by atoms with Crippen LogP contribution in [0.15, 0.2) is 18.2 Å². The standard InChI is InChI=1S/C43H52N4O14/c1-18-37-24(46-9-10-56-41(55-3)40(46)61-37)11-28(59-18)60-27-13-43(53,42(52)45-14-19-7-8-20(15-45)47(19)25-17-58-38-23(44)16-57-39(25)38)12-22-30(27)36(51)32-31(34(22)49)33(48)21-5-4-6-26(54-2)29(21)35(32)50/h4-6,18-20,23-25,27-28,37-41,49,51,53H,7-17,44H2,1-3H3/t18-,19?,20?,23-,24-,25-,27-,28-,37+,38+,39+,40+,41-,43-/m0/s1. The maximum Gasteiger partial charge on any atom is 0.255 e. The molecule has 2 aromatic rings. The minimum absolute atomic E-state index is 0.00282. The highest BCUT2D eigenvalue weighted by atomic mass is 16.7. The zero-order valence-corrected chi connectivity index (χ0v) is 34.3. The number of carbonyl (C=O) groups is 3. The van der Waals surface area contributed by atoms with Crippen LogP contribution in [-0.4, -0.2) is 180 Å². The number of phenolic OH excluding ortho intramolecular Hbond substituents is 2. The zero-order chi connectivity index (χ0) is 42.2. The molecule has 2 bridgehead atoms. The number of fused-ring (bicyclic) bond motifs is 9. The van der Waals surface area contributed by atoms with E-state index in [2.05, 4.69) is 9.80 Å². The summed E-state index contributed by atoms with van der Waals surface area (Å²) >= 11 is 0. The van der Waals surface area contributed by atoms with E-state index in [9.17, 15) is 29.7 Å². The Bertz CT molecular complexity index is 2160. The number of aromatic hydroxyl groups is 2. The van der Waals surface area contributed by atoms with Crippen molar-refractivity contribution in [1.29, 1.82) is 0 Å². The topological polar surface area (TPSA) is 221 Å². The van der Waals surface area contributed by atoms with Gasteiger partial charge in [-0.05, 0) is 25.8 Å². The Labute approximate surface area is 351 Å². The molecule has 0 spiro atoms. The number of ketones is 2. The number of hydrogen-bond acceptors (Lipinski definition) is 17. The van der Waals surface area contributed by atoms with Crippen molar-refractivity contribution in [3.8, 4) is 17.2 Å². The van der Waals surface area contributed by atoms with Crippen LogP contribution in [0.2, 0.25) is 0 Å². The Morgan fingerprint density at radius 3 is 2.43 bits per heavy atom. The molecule has 1 amide bonds. The van der Waals surface area contributed by atoms with Crippen LogP contribution in [0.3, 0.4) is 0 Å². The van der Waals surface area contributed by atoms with Crippen LogP contribution in [0.1, 0.15) is 81.7 Å². The second kappa shape index (κ2) is 14.6. The van der Waals surface area contributed by atoms with Gasteiger partial charge in [0, 0.05) is 80.8 Å². The summed E-state index contributed by atoms with van der Waals surface area (Å²) in [6.45, 7) is 4.50. The molecule has 5 N–H and O–H groups in total. The Hall–Kier alpha value is -3.79. The molecule has 61 heavy (non-hydrogen) atoms. The summed E-state index contributed by atoms with van der Waals surface area (Å²) in [7, 11) is 2.94. The lowest BCUT2D eigenvalue weighted by Crippen LogP contribution is -2.64. The fraction of sp³-hybridized carbons (Fsp3) is 0.651. The van der Waals surface area contributed by atoms with Crippen molar-refractivity contribution in [2.75, 3.05) is 53.7 Å². The first-order valence-electron chi connectivity index (χ1n) is 21.4. The first kappa shape index (κ1) is 40.0. The molecule has 0 aromatic heterocycles. The minimum Gasteiger partial charge on any atom is -0.507 e. The fourth-order valence-electron chi connectivity index (χ4n) is 12.2. The highest BCUT2D eigenvalue weighted by Crippen LogP contribution is 2.53. The van der Waals surface area contributed by atoms with Crippen LogP contribution in [0, 0.1) is 0 Å². The van der Waals surface area contributed by atoms with E-state index in [0.29, 0.717) is 45.9 Å². The molecule has 9 aliphatic rings. The van der Waals surface area contributed by atoms with Crippen LogP contribution < -0.4 is 10.5 Å². The summed E-state index contributed by atoms with van der Waals surface area (Å²) in [6, 6.07) is 4.19. The highest BCUT2D eigenvalue weighted by molar-refractivity contribution is 6.31.